The Bertz CT molecular complexity index is 136. The molecule has 0 spiro atoms. The van der Waals surface area contributed by atoms with Crippen LogP contribution in [0.15, 0.2) is 0 Å². The summed E-state index contributed by atoms with van der Waals surface area (Å²) in [5, 5.41) is 0. The molecule has 43 valence electrons. The second kappa shape index (κ2) is 3.19. The van der Waals surface area contributed by atoms with Crippen molar-refractivity contribution < 1.29 is 4.79 Å². The zero-order valence-corrected chi connectivity index (χ0v) is 5.81. The van der Waals surface area contributed by atoms with E-state index in [1.54, 1.807) is 0 Å². The molecule has 0 saturated heterocycles. The molecule has 8 heavy (non-hydrogen) atoms. The highest BCUT2D eigenvalue weighted by Gasteiger charge is 2.13. The lowest BCUT2D eigenvalue weighted by atomic mass is 10.6. The minimum absolute atomic E-state index is 1.26. The SMILES string of the molecule is O=[C]C#CC(Cl)(Cl)Cl. The first-order valence-electron chi connectivity index (χ1n) is 1.52. The van der Waals surface area contributed by atoms with Gasteiger partial charge < -0.3 is 0 Å². The van der Waals surface area contributed by atoms with Crippen molar-refractivity contribution in [3.8, 4) is 11.8 Å². The normalized spacial score (nSPS) is 9.38. The van der Waals surface area contributed by atoms with Crippen LogP contribution in [0.25, 0.3) is 0 Å². The Labute approximate surface area is 61.9 Å². The Kier molecular flexibility index (Phi) is 3.23. The van der Waals surface area contributed by atoms with E-state index in [2.05, 4.69) is 0 Å². The molecule has 0 heterocycles. The van der Waals surface area contributed by atoms with Crippen LogP contribution >= 0.6 is 34.8 Å². The van der Waals surface area contributed by atoms with E-state index in [9.17, 15) is 4.79 Å². The summed E-state index contributed by atoms with van der Waals surface area (Å²) in [6, 6.07) is 0. The van der Waals surface area contributed by atoms with Crippen molar-refractivity contribution in [2.45, 2.75) is 3.79 Å². The topological polar surface area (TPSA) is 17.1 Å². The van der Waals surface area contributed by atoms with Gasteiger partial charge in [-0.05, 0) is 11.8 Å². The number of rotatable bonds is 0. The Hall–Kier alpha value is 0.1000. The minimum atomic E-state index is -1.66. The third kappa shape index (κ3) is 6.10. The predicted octanol–water partition coefficient (Wildman–Crippen LogP) is 1.47. The highest BCUT2D eigenvalue weighted by Crippen LogP contribution is 2.23. The first-order chi connectivity index (χ1) is 3.56. The van der Waals surface area contributed by atoms with Crippen LogP contribution in [-0.2, 0) is 4.79 Å². The molecule has 0 N–H and O–H groups in total. The van der Waals surface area contributed by atoms with Crippen molar-refractivity contribution in [3.63, 3.8) is 0 Å². The molecule has 0 unspecified atom stereocenters. The van der Waals surface area contributed by atoms with Crippen LogP contribution in [0.3, 0.4) is 0 Å². The molecule has 0 rings (SSSR count). The van der Waals surface area contributed by atoms with Crippen molar-refractivity contribution in [3.05, 3.63) is 0 Å². The van der Waals surface area contributed by atoms with Crippen LogP contribution in [0.2, 0.25) is 0 Å². The van der Waals surface area contributed by atoms with Gasteiger partial charge in [-0.15, -0.1) is 0 Å². The second-order valence-electron chi connectivity index (χ2n) is 0.850. The second-order valence-corrected chi connectivity index (χ2v) is 3.13. The van der Waals surface area contributed by atoms with Gasteiger partial charge in [-0.1, -0.05) is 34.8 Å². The fourth-order valence-electron chi connectivity index (χ4n) is 0.0964. The molecule has 0 bridgehead atoms. The number of carbonyl (C=O) groups excluding carboxylic acids is 1. The lowest BCUT2D eigenvalue weighted by Crippen LogP contribution is -1.94. The molecule has 0 atom stereocenters. The number of hydrogen-bond donors (Lipinski definition) is 0. The maximum absolute atomic E-state index is 9.38. The molecule has 0 aliphatic heterocycles. The zero-order chi connectivity index (χ0) is 6.62. The van der Waals surface area contributed by atoms with Crippen LogP contribution in [0, 0.1) is 11.8 Å². The molecule has 1 radical (unpaired) electrons. The smallest absolute Gasteiger partial charge is 0.275 e. The summed E-state index contributed by atoms with van der Waals surface area (Å²) in [7, 11) is 0. The molecule has 4 heteroatoms. The Morgan fingerprint density at radius 3 is 1.88 bits per heavy atom. The fraction of sp³-hybridized carbons (Fsp3) is 0.250. The molecule has 0 aliphatic rings. The molecule has 0 aromatic carbocycles. The summed E-state index contributed by atoms with van der Waals surface area (Å²) in [4.78, 5) is 9.38. The van der Waals surface area contributed by atoms with Crippen LogP contribution in [0.1, 0.15) is 0 Å². The van der Waals surface area contributed by atoms with Gasteiger partial charge in [0.05, 0.1) is 0 Å². The quantitative estimate of drug-likeness (QED) is 0.397. The predicted molar refractivity (Wildman–Crippen MR) is 33.8 cm³/mol. The molecule has 1 nitrogen and oxygen atoms in total. The summed E-state index contributed by atoms with van der Waals surface area (Å²) in [6.45, 7) is 0. The molecule has 0 fully saturated rings. The van der Waals surface area contributed by atoms with Gasteiger partial charge in [0.2, 0.25) is 0 Å². The van der Waals surface area contributed by atoms with Crippen molar-refractivity contribution in [2.75, 3.05) is 0 Å². The Balaban J connectivity index is 3.87. The third-order valence-corrected chi connectivity index (χ3v) is 0.539. The molecule has 0 aromatic rings. The first kappa shape index (κ1) is 8.10. The van der Waals surface area contributed by atoms with Crippen molar-refractivity contribution >= 4 is 41.1 Å². The summed E-state index contributed by atoms with van der Waals surface area (Å²) in [5.41, 5.74) is 0. The highest BCUT2D eigenvalue weighted by atomic mass is 35.6. The summed E-state index contributed by atoms with van der Waals surface area (Å²) < 4.78 is -1.66. The van der Waals surface area contributed by atoms with E-state index in [1.165, 1.54) is 6.29 Å². The van der Waals surface area contributed by atoms with E-state index in [0.717, 1.165) is 0 Å². The van der Waals surface area contributed by atoms with Gasteiger partial charge >= 0.3 is 0 Å². The van der Waals surface area contributed by atoms with Crippen molar-refractivity contribution in [1.82, 2.24) is 0 Å². The summed E-state index contributed by atoms with van der Waals surface area (Å²) >= 11 is 15.3. The van der Waals surface area contributed by atoms with Gasteiger partial charge in [0, 0.05) is 0 Å². The molecular weight excluding hydrogens is 170 g/mol. The molecule has 0 amide bonds. The van der Waals surface area contributed by atoms with Gasteiger partial charge in [-0.2, -0.15) is 0 Å². The van der Waals surface area contributed by atoms with E-state index in [1.807, 2.05) is 11.8 Å². The maximum atomic E-state index is 9.38. The minimum Gasteiger partial charge on any atom is -0.275 e. The van der Waals surface area contributed by atoms with Crippen LogP contribution in [0.5, 0.6) is 0 Å². The highest BCUT2D eigenvalue weighted by molar-refractivity contribution is 6.69. The van der Waals surface area contributed by atoms with E-state index in [0.29, 0.717) is 0 Å². The van der Waals surface area contributed by atoms with E-state index < -0.39 is 3.79 Å². The average Bonchev–Trinajstić information content (AvgIpc) is 1.59. The lowest BCUT2D eigenvalue weighted by molar-refractivity contribution is 0.565. The molecule has 0 saturated carbocycles. The van der Waals surface area contributed by atoms with E-state index >= 15 is 0 Å². The summed E-state index contributed by atoms with van der Waals surface area (Å²) in [5.74, 6) is 3.83. The summed E-state index contributed by atoms with van der Waals surface area (Å²) in [6.07, 6.45) is 1.26. The van der Waals surface area contributed by atoms with Crippen LogP contribution in [0.4, 0.5) is 0 Å². The van der Waals surface area contributed by atoms with E-state index in [4.69, 9.17) is 34.8 Å². The first-order valence-corrected chi connectivity index (χ1v) is 2.65. The average molecular weight is 170 g/mol. The lowest BCUT2D eigenvalue weighted by Gasteiger charge is -1.94. The van der Waals surface area contributed by atoms with Crippen LogP contribution in [-0.4, -0.2) is 10.1 Å². The van der Waals surface area contributed by atoms with Crippen molar-refractivity contribution in [1.29, 1.82) is 0 Å². The van der Waals surface area contributed by atoms with Crippen molar-refractivity contribution in [2.24, 2.45) is 0 Å². The van der Waals surface area contributed by atoms with Gasteiger partial charge in [-0.25, -0.2) is 0 Å². The van der Waals surface area contributed by atoms with Gasteiger partial charge in [0.1, 0.15) is 0 Å². The monoisotopic (exact) mass is 169 g/mol. The van der Waals surface area contributed by atoms with Gasteiger partial charge in [0.25, 0.3) is 10.1 Å². The van der Waals surface area contributed by atoms with Crippen LogP contribution < -0.4 is 0 Å². The zero-order valence-electron chi connectivity index (χ0n) is 3.54. The van der Waals surface area contributed by atoms with Gasteiger partial charge in [0.15, 0.2) is 0 Å². The molecule has 0 aliphatic carbocycles. The largest absolute Gasteiger partial charge is 0.284 e. The third-order valence-electron chi connectivity index (χ3n) is 0.255. The number of halogens is 3. The number of alkyl halides is 3. The van der Waals surface area contributed by atoms with E-state index in [-0.39, 0.29) is 0 Å². The Morgan fingerprint density at radius 1 is 1.25 bits per heavy atom. The maximum Gasteiger partial charge on any atom is 0.284 e. The standard InChI is InChI=1S/C4Cl3O/c5-4(6,7)2-1-3-8. The molecule has 0 aromatic heterocycles. The molecular formula is C4Cl3O. The Morgan fingerprint density at radius 2 is 1.75 bits per heavy atom. The van der Waals surface area contributed by atoms with Gasteiger partial charge in [-0.3, -0.25) is 4.79 Å². The number of hydrogen-bond acceptors (Lipinski definition) is 1. The fourth-order valence-corrected chi connectivity index (χ4v) is 0.238.